The lowest BCUT2D eigenvalue weighted by Gasteiger charge is -2.12. The van der Waals surface area contributed by atoms with Crippen LogP contribution in [0.1, 0.15) is 0 Å². The molecule has 0 aliphatic heterocycles. The van der Waals surface area contributed by atoms with Gasteiger partial charge in [0.2, 0.25) is 0 Å². The van der Waals surface area contributed by atoms with Crippen molar-refractivity contribution in [1.29, 1.82) is 0 Å². The van der Waals surface area contributed by atoms with Crippen LogP contribution in [-0.2, 0) is 0 Å². The van der Waals surface area contributed by atoms with Gasteiger partial charge < -0.3 is 21.2 Å². The van der Waals surface area contributed by atoms with Gasteiger partial charge in [0, 0.05) is 13.1 Å². The fraction of sp³-hybridized carbons (Fsp3) is 1.00. The molecule has 1 atom stereocenters. The number of nitrogens with two attached hydrogens (primary N) is 1. The van der Waals surface area contributed by atoms with Crippen molar-refractivity contribution in [3.8, 4) is 0 Å². The van der Waals surface area contributed by atoms with E-state index < -0.39 is 0 Å². The minimum absolute atomic E-state index is 0. The molecule has 5 N–H and O–H groups in total. The van der Waals surface area contributed by atoms with Crippen LogP contribution in [0.2, 0.25) is 0 Å². The molecule has 0 heterocycles. The largest absolute Gasteiger partial charge is 0.412 e. The standard InChI is InChI=1S/C5H14N2O.2ClH.H2O/c1-7(2)4-5(8)3-6;;;/h5,8H,3-4,6H2,1-2H3;2*1H;1H2. The third kappa shape index (κ3) is 17.9. The fourth-order valence-corrected chi connectivity index (χ4v) is 0.496. The smallest absolute Gasteiger partial charge is 0.0788 e. The Morgan fingerprint density at radius 3 is 1.82 bits per heavy atom. The Morgan fingerprint density at radius 1 is 1.36 bits per heavy atom. The summed E-state index contributed by atoms with van der Waals surface area (Å²) >= 11 is 0. The van der Waals surface area contributed by atoms with E-state index in [1.54, 1.807) is 0 Å². The molecule has 6 heteroatoms. The van der Waals surface area contributed by atoms with Crippen molar-refractivity contribution in [1.82, 2.24) is 4.90 Å². The van der Waals surface area contributed by atoms with Crippen LogP contribution in [0.4, 0.5) is 0 Å². The van der Waals surface area contributed by atoms with Crippen LogP contribution >= 0.6 is 24.8 Å². The van der Waals surface area contributed by atoms with Gasteiger partial charge in [0.05, 0.1) is 6.10 Å². The first-order valence-corrected chi connectivity index (χ1v) is 2.69. The first-order valence-electron chi connectivity index (χ1n) is 2.69. The van der Waals surface area contributed by atoms with E-state index in [0.29, 0.717) is 13.1 Å². The molecule has 0 aromatic carbocycles. The number of halogens is 2. The molecule has 0 bridgehead atoms. The van der Waals surface area contributed by atoms with Gasteiger partial charge in [-0.1, -0.05) is 0 Å². The number of aliphatic hydroxyl groups is 1. The first-order chi connectivity index (χ1) is 3.66. The summed E-state index contributed by atoms with van der Waals surface area (Å²) in [4.78, 5) is 1.90. The molecule has 0 saturated carbocycles. The summed E-state index contributed by atoms with van der Waals surface area (Å²) in [6, 6.07) is 0. The monoisotopic (exact) mass is 208 g/mol. The normalized spacial score (nSPS) is 10.6. The van der Waals surface area contributed by atoms with Crippen LogP contribution in [-0.4, -0.2) is 48.8 Å². The SMILES string of the molecule is CN(C)CC(O)CN.Cl.Cl.O. The predicted molar refractivity (Wildman–Crippen MR) is 51.7 cm³/mol. The second-order valence-corrected chi connectivity index (χ2v) is 2.15. The summed E-state index contributed by atoms with van der Waals surface area (Å²) in [5.41, 5.74) is 5.14. The lowest BCUT2D eigenvalue weighted by atomic mass is 10.3. The summed E-state index contributed by atoms with van der Waals surface area (Å²) in [6.07, 6.45) is -0.370. The van der Waals surface area contributed by atoms with E-state index in [9.17, 15) is 0 Å². The Morgan fingerprint density at radius 2 is 1.73 bits per heavy atom. The summed E-state index contributed by atoms with van der Waals surface area (Å²) in [7, 11) is 3.80. The molecule has 0 aliphatic carbocycles. The Balaban J connectivity index is -0.0000000817. The number of nitrogens with zero attached hydrogens (tertiary/aromatic N) is 1. The quantitative estimate of drug-likeness (QED) is 0.618. The van der Waals surface area contributed by atoms with E-state index in [4.69, 9.17) is 10.8 Å². The Hall–Kier alpha value is 0.420. The molecule has 0 radical (unpaired) electrons. The summed E-state index contributed by atoms with van der Waals surface area (Å²) in [6.45, 7) is 0.995. The third-order valence-electron chi connectivity index (χ3n) is 0.848. The van der Waals surface area contributed by atoms with Gasteiger partial charge in [0.15, 0.2) is 0 Å². The minimum Gasteiger partial charge on any atom is -0.412 e. The molecule has 0 saturated heterocycles. The Bertz CT molecular complexity index is 66.4. The Labute approximate surface area is 79.9 Å². The summed E-state index contributed by atoms with van der Waals surface area (Å²) in [5.74, 6) is 0. The molecule has 0 aromatic heterocycles. The van der Waals surface area contributed by atoms with Crippen molar-refractivity contribution in [3.63, 3.8) is 0 Å². The highest BCUT2D eigenvalue weighted by Gasteiger charge is 1.99. The number of rotatable bonds is 3. The van der Waals surface area contributed by atoms with Crippen LogP contribution in [0, 0.1) is 0 Å². The van der Waals surface area contributed by atoms with E-state index in [2.05, 4.69) is 0 Å². The van der Waals surface area contributed by atoms with E-state index in [-0.39, 0.29) is 36.4 Å². The summed E-state index contributed by atoms with van der Waals surface area (Å²) in [5, 5.41) is 8.86. The molecule has 0 aliphatic rings. The molecule has 11 heavy (non-hydrogen) atoms. The van der Waals surface area contributed by atoms with Crippen molar-refractivity contribution in [2.24, 2.45) is 5.73 Å². The zero-order chi connectivity index (χ0) is 6.57. The van der Waals surface area contributed by atoms with Gasteiger partial charge in [0.25, 0.3) is 0 Å². The van der Waals surface area contributed by atoms with Gasteiger partial charge in [-0.25, -0.2) is 0 Å². The molecule has 74 valence electrons. The maximum atomic E-state index is 8.86. The van der Waals surface area contributed by atoms with E-state index in [1.165, 1.54) is 0 Å². The molecular formula is C5H18Cl2N2O2. The van der Waals surface area contributed by atoms with E-state index in [0.717, 1.165) is 0 Å². The van der Waals surface area contributed by atoms with Crippen molar-refractivity contribution < 1.29 is 10.6 Å². The van der Waals surface area contributed by atoms with Gasteiger partial charge in [-0.15, -0.1) is 24.8 Å². The van der Waals surface area contributed by atoms with Crippen LogP contribution in [0.25, 0.3) is 0 Å². The average molecular weight is 209 g/mol. The second kappa shape index (κ2) is 13.0. The first kappa shape index (κ1) is 22.5. The molecule has 0 rings (SSSR count). The van der Waals surface area contributed by atoms with E-state index in [1.807, 2.05) is 19.0 Å². The van der Waals surface area contributed by atoms with Gasteiger partial charge in [0.1, 0.15) is 0 Å². The van der Waals surface area contributed by atoms with Gasteiger partial charge in [-0.3, -0.25) is 0 Å². The highest BCUT2D eigenvalue weighted by Crippen LogP contribution is 1.80. The molecule has 1 unspecified atom stereocenters. The Kier molecular flexibility index (Phi) is 26.7. The zero-order valence-electron chi connectivity index (χ0n) is 6.78. The van der Waals surface area contributed by atoms with Crippen LogP contribution in [0.5, 0.6) is 0 Å². The van der Waals surface area contributed by atoms with Crippen molar-refractivity contribution in [2.75, 3.05) is 27.2 Å². The number of hydrogen-bond acceptors (Lipinski definition) is 3. The van der Waals surface area contributed by atoms with Crippen LogP contribution in [0.3, 0.4) is 0 Å². The van der Waals surface area contributed by atoms with Crippen molar-refractivity contribution in [2.45, 2.75) is 6.10 Å². The molecule has 0 amide bonds. The number of hydrogen-bond donors (Lipinski definition) is 2. The third-order valence-corrected chi connectivity index (χ3v) is 0.848. The summed E-state index contributed by atoms with van der Waals surface area (Å²) < 4.78 is 0. The molecule has 0 aromatic rings. The number of likely N-dealkylation sites (N-methyl/N-ethyl adjacent to an activating group) is 1. The van der Waals surface area contributed by atoms with Gasteiger partial charge >= 0.3 is 0 Å². The van der Waals surface area contributed by atoms with Gasteiger partial charge in [-0.05, 0) is 14.1 Å². The number of aliphatic hydroxyl groups excluding tert-OH is 1. The predicted octanol–water partition coefficient (Wildman–Crippen LogP) is -1.11. The maximum Gasteiger partial charge on any atom is 0.0788 e. The second-order valence-electron chi connectivity index (χ2n) is 2.15. The van der Waals surface area contributed by atoms with Gasteiger partial charge in [-0.2, -0.15) is 0 Å². The van der Waals surface area contributed by atoms with Crippen LogP contribution < -0.4 is 5.73 Å². The minimum atomic E-state index is -0.370. The average Bonchev–Trinajstić information content (AvgIpc) is 1.65. The van der Waals surface area contributed by atoms with Crippen LogP contribution in [0.15, 0.2) is 0 Å². The molecule has 0 fully saturated rings. The highest BCUT2D eigenvalue weighted by atomic mass is 35.5. The molecule has 0 spiro atoms. The van der Waals surface area contributed by atoms with E-state index >= 15 is 0 Å². The highest BCUT2D eigenvalue weighted by molar-refractivity contribution is 5.85. The zero-order valence-corrected chi connectivity index (χ0v) is 8.41. The lowest BCUT2D eigenvalue weighted by Crippen LogP contribution is -2.31. The molecular weight excluding hydrogens is 191 g/mol. The topological polar surface area (TPSA) is 81.0 Å². The van der Waals surface area contributed by atoms with Crippen molar-refractivity contribution >= 4 is 24.8 Å². The van der Waals surface area contributed by atoms with Crippen molar-refractivity contribution in [3.05, 3.63) is 0 Å². The molecule has 4 nitrogen and oxygen atoms in total. The maximum absolute atomic E-state index is 8.86. The lowest BCUT2D eigenvalue weighted by molar-refractivity contribution is 0.144. The fourth-order valence-electron chi connectivity index (χ4n) is 0.496.